The van der Waals surface area contributed by atoms with E-state index >= 15 is 0 Å². The number of alkyl halides is 3. The summed E-state index contributed by atoms with van der Waals surface area (Å²) in [5.41, 5.74) is 6.03. The van der Waals surface area contributed by atoms with E-state index in [-0.39, 0.29) is 23.9 Å². The third kappa shape index (κ3) is 5.07. The van der Waals surface area contributed by atoms with Gasteiger partial charge in [0.1, 0.15) is 5.70 Å². The summed E-state index contributed by atoms with van der Waals surface area (Å²) < 4.78 is 41.4. The molecule has 170 valence electrons. The first-order valence-corrected chi connectivity index (χ1v) is 11.2. The Balaban J connectivity index is 2.19. The summed E-state index contributed by atoms with van der Waals surface area (Å²) in [6.45, 7) is 6.48. The molecule has 1 aliphatic rings. The van der Waals surface area contributed by atoms with Crippen LogP contribution in [0.2, 0.25) is 4.34 Å². The number of hydrogen-bond donors (Lipinski definition) is 1. The van der Waals surface area contributed by atoms with E-state index in [1.807, 2.05) is 13.0 Å². The van der Waals surface area contributed by atoms with Crippen molar-refractivity contribution in [2.45, 2.75) is 32.0 Å². The third-order valence-corrected chi connectivity index (χ3v) is 6.47. The van der Waals surface area contributed by atoms with Crippen molar-refractivity contribution in [1.29, 1.82) is 0 Å². The van der Waals surface area contributed by atoms with Crippen LogP contribution < -0.4 is 5.73 Å². The lowest BCUT2D eigenvalue weighted by Crippen LogP contribution is -2.37. The highest BCUT2D eigenvalue weighted by atomic mass is 35.5. The van der Waals surface area contributed by atoms with Crippen LogP contribution in [0, 0.1) is 0 Å². The van der Waals surface area contributed by atoms with Crippen molar-refractivity contribution in [3.8, 4) is 0 Å². The van der Waals surface area contributed by atoms with Gasteiger partial charge in [-0.25, -0.2) is 0 Å². The van der Waals surface area contributed by atoms with Crippen LogP contribution in [0.5, 0.6) is 0 Å². The minimum absolute atomic E-state index is 0.184. The van der Waals surface area contributed by atoms with E-state index in [0.717, 1.165) is 10.4 Å². The number of halogens is 4. The van der Waals surface area contributed by atoms with Crippen LogP contribution in [-0.2, 0) is 11.3 Å². The molecular weight excluding hydrogens is 459 g/mol. The second kappa shape index (κ2) is 9.92. The number of carbonyl (C=O) groups excluding carboxylic acids is 1. The molecule has 0 spiro atoms. The molecule has 2 aromatic rings. The molecule has 3 rings (SSSR count). The largest absolute Gasteiger partial charge is 0.431 e. The van der Waals surface area contributed by atoms with Gasteiger partial charge in [-0.15, -0.1) is 11.3 Å². The summed E-state index contributed by atoms with van der Waals surface area (Å²) in [6, 6.07) is 8.59. The first-order valence-electron chi connectivity index (χ1n) is 10.0. The number of hydrogen-bond acceptors (Lipinski definition) is 4. The van der Waals surface area contributed by atoms with Gasteiger partial charge in [0, 0.05) is 35.7 Å². The number of amides is 1. The van der Waals surface area contributed by atoms with Gasteiger partial charge in [-0.3, -0.25) is 9.79 Å². The van der Waals surface area contributed by atoms with Gasteiger partial charge in [0.25, 0.3) is 0 Å². The van der Waals surface area contributed by atoms with Crippen molar-refractivity contribution in [3.05, 3.63) is 74.6 Å². The molecule has 2 heterocycles. The molecule has 4 nitrogen and oxygen atoms in total. The first kappa shape index (κ1) is 24.1. The Labute approximate surface area is 193 Å². The molecule has 1 atom stereocenters. The second-order valence-electron chi connectivity index (χ2n) is 7.35. The van der Waals surface area contributed by atoms with E-state index in [9.17, 15) is 18.0 Å². The van der Waals surface area contributed by atoms with Crippen molar-refractivity contribution in [1.82, 2.24) is 4.90 Å². The van der Waals surface area contributed by atoms with Gasteiger partial charge < -0.3 is 10.6 Å². The lowest BCUT2D eigenvalue weighted by Gasteiger charge is -2.33. The van der Waals surface area contributed by atoms with Crippen LogP contribution in [0.15, 0.2) is 53.7 Å². The van der Waals surface area contributed by atoms with Gasteiger partial charge in [0.05, 0.1) is 10.9 Å². The van der Waals surface area contributed by atoms with Gasteiger partial charge in [-0.05, 0) is 35.3 Å². The number of nitrogens with two attached hydrogens (primary N) is 1. The maximum absolute atomic E-state index is 13.6. The summed E-state index contributed by atoms with van der Waals surface area (Å²) in [5, 5.41) is 0. The third-order valence-electron chi connectivity index (χ3n) is 5.21. The van der Waals surface area contributed by atoms with E-state index in [2.05, 4.69) is 11.6 Å². The van der Waals surface area contributed by atoms with E-state index in [0.29, 0.717) is 35.0 Å². The number of allylic oxidation sites excluding steroid dienone is 2. The summed E-state index contributed by atoms with van der Waals surface area (Å²) >= 11 is 7.61. The highest BCUT2D eigenvalue weighted by molar-refractivity contribution is 7.16. The van der Waals surface area contributed by atoms with Gasteiger partial charge >= 0.3 is 6.18 Å². The van der Waals surface area contributed by atoms with E-state index in [1.165, 1.54) is 23.6 Å². The average molecular weight is 482 g/mol. The molecule has 0 saturated heterocycles. The Morgan fingerprint density at radius 2 is 2.09 bits per heavy atom. The Hall–Kier alpha value is -2.58. The lowest BCUT2D eigenvalue weighted by molar-refractivity contribution is -0.127. The predicted octanol–water partition coefficient (Wildman–Crippen LogP) is 5.77. The quantitative estimate of drug-likeness (QED) is 0.420. The van der Waals surface area contributed by atoms with Crippen molar-refractivity contribution in [3.63, 3.8) is 0 Å². The van der Waals surface area contributed by atoms with Gasteiger partial charge in [-0.2, -0.15) is 13.2 Å². The normalized spacial score (nSPS) is 17.3. The highest BCUT2D eigenvalue weighted by Gasteiger charge is 2.36. The van der Waals surface area contributed by atoms with Crippen molar-refractivity contribution in [2.24, 2.45) is 10.7 Å². The van der Waals surface area contributed by atoms with Gasteiger partial charge in [0.2, 0.25) is 5.91 Å². The first-order chi connectivity index (χ1) is 15.2. The van der Waals surface area contributed by atoms with Crippen LogP contribution >= 0.6 is 22.9 Å². The zero-order valence-corrected chi connectivity index (χ0v) is 19.0. The van der Waals surface area contributed by atoms with Crippen LogP contribution in [0.4, 0.5) is 13.2 Å². The van der Waals surface area contributed by atoms with Crippen LogP contribution in [-0.4, -0.2) is 36.3 Å². The van der Waals surface area contributed by atoms with E-state index in [1.54, 1.807) is 29.2 Å². The molecule has 0 fully saturated rings. The van der Waals surface area contributed by atoms with Crippen molar-refractivity contribution in [2.75, 3.05) is 13.1 Å². The van der Waals surface area contributed by atoms with E-state index in [4.69, 9.17) is 17.3 Å². The SMILES string of the molecule is C=CC(=O)N1Cc2sc(Cl)cc2[C@@H](c2ccccc2C(C=NCCC)=C(N)C(F)(F)F)C1. The number of rotatable bonds is 6. The number of aliphatic imine (C=N–C) groups is 1. The summed E-state index contributed by atoms with van der Waals surface area (Å²) in [7, 11) is 0. The summed E-state index contributed by atoms with van der Waals surface area (Å²) in [6.07, 6.45) is -1.60. The lowest BCUT2D eigenvalue weighted by atomic mass is 9.83. The molecule has 0 bridgehead atoms. The van der Waals surface area contributed by atoms with E-state index < -0.39 is 11.9 Å². The molecule has 1 aromatic heterocycles. The van der Waals surface area contributed by atoms with Crippen LogP contribution in [0.25, 0.3) is 5.57 Å². The molecule has 1 aromatic carbocycles. The molecule has 0 unspecified atom stereocenters. The second-order valence-corrected chi connectivity index (χ2v) is 9.12. The minimum atomic E-state index is -4.71. The fourth-order valence-electron chi connectivity index (χ4n) is 3.71. The smallest absolute Gasteiger partial charge is 0.394 e. The van der Waals surface area contributed by atoms with Gasteiger partial charge in [0.15, 0.2) is 0 Å². The molecule has 9 heteroatoms. The maximum Gasteiger partial charge on any atom is 0.431 e. The number of carbonyl (C=O) groups is 1. The molecule has 0 radical (unpaired) electrons. The van der Waals surface area contributed by atoms with Crippen LogP contribution in [0.1, 0.15) is 40.8 Å². The number of thiophene rings is 1. The Morgan fingerprint density at radius 3 is 2.75 bits per heavy atom. The molecular formula is C23H23ClF3N3OS. The zero-order valence-electron chi connectivity index (χ0n) is 17.5. The predicted molar refractivity (Wildman–Crippen MR) is 124 cm³/mol. The van der Waals surface area contributed by atoms with Crippen LogP contribution in [0.3, 0.4) is 0 Å². The van der Waals surface area contributed by atoms with Gasteiger partial charge in [-0.1, -0.05) is 49.4 Å². The standard InChI is InChI=1S/C23H23ClF3N3OS/c1-3-9-29-11-17(22(28)23(25,26)27)14-7-5-6-8-15(14)18-12-30(21(31)4-2)13-19-16(18)10-20(24)32-19/h4-8,10-11,18H,2-3,9,12-13,28H2,1H3/t18-/m1/s1. The van der Waals surface area contributed by atoms with Crippen molar-refractivity contribution >= 4 is 40.6 Å². The number of nitrogens with zero attached hydrogens (tertiary/aromatic N) is 2. The molecule has 1 aliphatic heterocycles. The molecule has 1 amide bonds. The molecule has 0 saturated carbocycles. The summed E-state index contributed by atoms with van der Waals surface area (Å²) in [5.74, 6) is -0.629. The minimum Gasteiger partial charge on any atom is -0.394 e. The average Bonchev–Trinajstić information content (AvgIpc) is 3.14. The summed E-state index contributed by atoms with van der Waals surface area (Å²) in [4.78, 5) is 19.0. The fraction of sp³-hybridized carbons (Fsp3) is 0.304. The Morgan fingerprint density at radius 1 is 1.38 bits per heavy atom. The Kier molecular flexibility index (Phi) is 7.46. The zero-order chi connectivity index (χ0) is 23.5. The maximum atomic E-state index is 13.6. The Bertz CT molecular complexity index is 1070. The molecule has 32 heavy (non-hydrogen) atoms. The fourth-order valence-corrected chi connectivity index (χ4v) is 5.07. The topological polar surface area (TPSA) is 58.7 Å². The monoisotopic (exact) mass is 481 g/mol. The molecule has 0 aliphatic carbocycles. The van der Waals surface area contributed by atoms with Crippen molar-refractivity contribution < 1.29 is 18.0 Å². The molecule has 2 N–H and O–H groups in total. The highest BCUT2D eigenvalue weighted by Crippen LogP contribution is 2.42. The number of benzene rings is 1. The number of fused-ring (bicyclic) bond motifs is 1.